The third-order valence-corrected chi connectivity index (χ3v) is 6.85. The summed E-state index contributed by atoms with van der Waals surface area (Å²) in [6.07, 6.45) is 0.862. The fraction of sp³-hybridized carbons (Fsp3) is 0.464. The summed E-state index contributed by atoms with van der Waals surface area (Å²) in [5.41, 5.74) is 5.44. The Kier molecular flexibility index (Phi) is 7.69. The number of halogens is 1. The number of nitrogens with zero attached hydrogens (tertiary/aromatic N) is 5. The summed E-state index contributed by atoms with van der Waals surface area (Å²) in [6.45, 7) is 14.0. The number of aromatic nitrogens is 2. The van der Waals surface area contributed by atoms with E-state index in [2.05, 4.69) is 78.4 Å². The normalized spacial score (nSPS) is 15.0. The predicted octanol–water partition coefficient (Wildman–Crippen LogP) is 5.04. The first kappa shape index (κ1) is 24.4. The molecule has 1 saturated heterocycles. The Hall–Kier alpha value is -2.70. The van der Waals surface area contributed by atoms with E-state index in [1.54, 1.807) is 12.1 Å². The van der Waals surface area contributed by atoms with E-state index in [1.807, 2.05) is 12.1 Å². The van der Waals surface area contributed by atoms with Crippen molar-refractivity contribution in [3.05, 3.63) is 76.7 Å². The Bertz CT molecular complexity index is 1100. The van der Waals surface area contributed by atoms with E-state index in [0.717, 1.165) is 56.1 Å². The van der Waals surface area contributed by atoms with E-state index in [0.29, 0.717) is 6.54 Å². The van der Waals surface area contributed by atoms with Gasteiger partial charge in [0.1, 0.15) is 11.6 Å². The molecule has 0 atom stereocenters. The van der Waals surface area contributed by atoms with E-state index < -0.39 is 0 Å². The Labute approximate surface area is 203 Å². The zero-order chi connectivity index (χ0) is 24.2. The van der Waals surface area contributed by atoms with Crippen LogP contribution in [-0.4, -0.2) is 58.8 Å². The molecule has 34 heavy (non-hydrogen) atoms. The number of hydrogen-bond acceptors (Lipinski definition) is 4. The lowest BCUT2D eigenvalue weighted by Crippen LogP contribution is -2.45. The SMILES string of the molecule is CCc1nn(-c2cccc(C)c2)c(N2CCN(C)CC2)c1CN(Cc1ccccc1F)C(C)C. The second-order valence-electron chi connectivity index (χ2n) is 9.73. The van der Waals surface area contributed by atoms with Crippen LogP contribution in [0.4, 0.5) is 10.2 Å². The van der Waals surface area contributed by atoms with Crippen LogP contribution >= 0.6 is 0 Å². The molecule has 2 aromatic carbocycles. The number of benzene rings is 2. The highest BCUT2D eigenvalue weighted by Crippen LogP contribution is 2.31. The molecule has 0 unspecified atom stereocenters. The van der Waals surface area contributed by atoms with Gasteiger partial charge in [0.25, 0.3) is 0 Å². The molecule has 182 valence electrons. The zero-order valence-electron chi connectivity index (χ0n) is 21.3. The summed E-state index contributed by atoms with van der Waals surface area (Å²) in [6, 6.07) is 16.0. The molecule has 6 heteroatoms. The van der Waals surface area contributed by atoms with Crippen LogP contribution < -0.4 is 4.90 Å². The molecule has 3 aromatic rings. The molecule has 0 amide bonds. The summed E-state index contributed by atoms with van der Waals surface area (Å²) in [7, 11) is 2.18. The van der Waals surface area contributed by atoms with Gasteiger partial charge < -0.3 is 9.80 Å². The van der Waals surface area contributed by atoms with Gasteiger partial charge in [0, 0.05) is 56.4 Å². The quantitative estimate of drug-likeness (QED) is 0.468. The molecule has 0 aliphatic carbocycles. The van der Waals surface area contributed by atoms with Crippen LogP contribution in [0, 0.1) is 12.7 Å². The molecule has 0 radical (unpaired) electrons. The van der Waals surface area contributed by atoms with Crippen molar-refractivity contribution in [3.63, 3.8) is 0 Å². The van der Waals surface area contributed by atoms with Crippen molar-refractivity contribution < 1.29 is 4.39 Å². The number of rotatable bonds is 8. The van der Waals surface area contributed by atoms with Crippen LogP contribution in [-0.2, 0) is 19.5 Å². The maximum absolute atomic E-state index is 14.5. The fourth-order valence-corrected chi connectivity index (χ4v) is 4.68. The van der Waals surface area contributed by atoms with Gasteiger partial charge in [0.05, 0.1) is 11.4 Å². The molecule has 0 bridgehead atoms. The molecule has 4 rings (SSSR count). The minimum Gasteiger partial charge on any atom is -0.354 e. The first-order chi connectivity index (χ1) is 16.4. The molecule has 0 spiro atoms. The summed E-state index contributed by atoms with van der Waals surface area (Å²) in [5.74, 6) is 1.05. The van der Waals surface area contributed by atoms with E-state index in [9.17, 15) is 4.39 Å². The maximum Gasteiger partial charge on any atom is 0.137 e. The predicted molar refractivity (Wildman–Crippen MR) is 138 cm³/mol. The van der Waals surface area contributed by atoms with Crippen LogP contribution in [0.2, 0.25) is 0 Å². The molecule has 2 heterocycles. The third-order valence-electron chi connectivity index (χ3n) is 6.85. The van der Waals surface area contributed by atoms with Gasteiger partial charge in [-0.3, -0.25) is 4.90 Å². The standard InChI is InChI=1S/C28H38FN5/c1-6-27-25(20-33(21(2)3)19-23-11-7-8-13-26(23)29)28(32-16-14-31(5)15-17-32)34(30-27)24-12-9-10-22(4)18-24/h7-13,18,21H,6,14-17,19-20H2,1-5H3. The molecular formula is C28H38FN5. The van der Waals surface area contributed by atoms with Gasteiger partial charge in [-0.25, -0.2) is 9.07 Å². The van der Waals surface area contributed by atoms with Gasteiger partial charge in [-0.2, -0.15) is 5.10 Å². The van der Waals surface area contributed by atoms with Gasteiger partial charge in [-0.15, -0.1) is 0 Å². The van der Waals surface area contributed by atoms with Crippen molar-refractivity contribution in [2.75, 3.05) is 38.1 Å². The van der Waals surface area contributed by atoms with Crippen molar-refractivity contribution in [1.29, 1.82) is 0 Å². The molecule has 1 aliphatic heterocycles. The third kappa shape index (κ3) is 5.34. The van der Waals surface area contributed by atoms with E-state index in [-0.39, 0.29) is 11.9 Å². The average molecular weight is 464 g/mol. The van der Waals surface area contributed by atoms with Gasteiger partial charge >= 0.3 is 0 Å². The van der Waals surface area contributed by atoms with Crippen molar-refractivity contribution in [1.82, 2.24) is 19.6 Å². The first-order valence-electron chi connectivity index (χ1n) is 12.5. The molecule has 5 nitrogen and oxygen atoms in total. The number of likely N-dealkylation sites (N-methyl/N-ethyl adjacent to an activating group) is 1. The minimum absolute atomic E-state index is 0.140. The van der Waals surface area contributed by atoms with Crippen molar-refractivity contribution >= 4 is 5.82 Å². The molecular weight excluding hydrogens is 425 g/mol. The lowest BCUT2D eigenvalue weighted by Gasteiger charge is -2.35. The summed E-state index contributed by atoms with van der Waals surface area (Å²) >= 11 is 0. The van der Waals surface area contributed by atoms with E-state index >= 15 is 0 Å². The van der Waals surface area contributed by atoms with Crippen LogP contribution in [0.15, 0.2) is 48.5 Å². The van der Waals surface area contributed by atoms with Crippen molar-refractivity contribution in [2.24, 2.45) is 0 Å². The number of hydrogen-bond donors (Lipinski definition) is 0. The highest BCUT2D eigenvalue weighted by Gasteiger charge is 2.27. The number of piperazine rings is 1. The smallest absolute Gasteiger partial charge is 0.137 e. The second-order valence-corrected chi connectivity index (χ2v) is 9.73. The van der Waals surface area contributed by atoms with Gasteiger partial charge in [0.2, 0.25) is 0 Å². The fourth-order valence-electron chi connectivity index (χ4n) is 4.68. The number of anilines is 1. The summed E-state index contributed by atoms with van der Waals surface area (Å²) in [4.78, 5) is 7.23. The highest BCUT2D eigenvalue weighted by molar-refractivity contribution is 5.56. The van der Waals surface area contributed by atoms with Crippen LogP contribution in [0.3, 0.4) is 0 Å². The van der Waals surface area contributed by atoms with Crippen LogP contribution in [0.5, 0.6) is 0 Å². The maximum atomic E-state index is 14.5. The molecule has 1 aliphatic rings. The summed E-state index contributed by atoms with van der Waals surface area (Å²) in [5, 5.41) is 5.13. The topological polar surface area (TPSA) is 27.5 Å². The van der Waals surface area contributed by atoms with E-state index in [4.69, 9.17) is 5.10 Å². The molecule has 1 aromatic heterocycles. The van der Waals surface area contributed by atoms with Gasteiger partial charge in [-0.05, 0) is 58.0 Å². The largest absolute Gasteiger partial charge is 0.354 e. The van der Waals surface area contributed by atoms with Crippen LogP contribution in [0.25, 0.3) is 5.69 Å². The van der Waals surface area contributed by atoms with Gasteiger partial charge in [-0.1, -0.05) is 37.3 Å². The average Bonchev–Trinajstić information content (AvgIpc) is 3.18. The van der Waals surface area contributed by atoms with Crippen molar-refractivity contribution in [3.8, 4) is 5.69 Å². The molecule has 1 fully saturated rings. The Morgan fingerprint density at radius 3 is 2.38 bits per heavy atom. The molecule has 0 N–H and O–H groups in total. The lowest BCUT2D eigenvalue weighted by atomic mass is 10.1. The Morgan fingerprint density at radius 1 is 1.00 bits per heavy atom. The van der Waals surface area contributed by atoms with Gasteiger partial charge in [0.15, 0.2) is 0 Å². The Balaban J connectivity index is 1.77. The zero-order valence-corrected chi connectivity index (χ0v) is 21.3. The van der Waals surface area contributed by atoms with Crippen LogP contribution in [0.1, 0.15) is 43.2 Å². The second kappa shape index (κ2) is 10.7. The van der Waals surface area contributed by atoms with Crippen molar-refractivity contribution in [2.45, 2.75) is 53.2 Å². The minimum atomic E-state index is -0.140. The molecule has 0 saturated carbocycles. The number of aryl methyl sites for hydroxylation is 2. The Morgan fingerprint density at radius 2 is 1.74 bits per heavy atom. The lowest BCUT2D eigenvalue weighted by molar-refractivity contribution is 0.200. The van der Waals surface area contributed by atoms with E-state index in [1.165, 1.54) is 16.9 Å². The monoisotopic (exact) mass is 463 g/mol. The highest BCUT2D eigenvalue weighted by atomic mass is 19.1. The first-order valence-corrected chi connectivity index (χ1v) is 12.5. The summed E-state index contributed by atoms with van der Waals surface area (Å²) < 4.78 is 16.7.